The molecule has 1 amide bonds. The highest BCUT2D eigenvalue weighted by Crippen LogP contribution is 2.49. The van der Waals surface area contributed by atoms with Gasteiger partial charge in [-0.15, -0.1) is 0 Å². The first kappa shape index (κ1) is 13.3. The molecule has 18 heavy (non-hydrogen) atoms. The highest BCUT2D eigenvalue weighted by molar-refractivity contribution is 5.77. The van der Waals surface area contributed by atoms with Crippen molar-refractivity contribution in [2.75, 3.05) is 0 Å². The molecule has 3 N–H and O–H groups in total. The molecule has 0 aromatic rings. The number of aliphatic carboxylic acids is 1. The van der Waals surface area contributed by atoms with Gasteiger partial charge in [0.2, 0.25) is 5.91 Å². The Balaban J connectivity index is 1.81. The summed E-state index contributed by atoms with van der Waals surface area (Å²) in [7, 11) is 0. The van der Waals surface area contributed by atoms with E-state index in [-0.39, 0.29) is 24.3 Å². The SMILES string of the molecule is CC(C)(O)CC(=O)N[C@@H]1C[C@@H]2CC(C(=O)O)C[C@@H]21. The first-order valence-electron chi connectivity index (χ1n) is 6.51. The van der Waals surface area contributed by atoms with E-state index >= 15 is 0 Å². The van der Waals surface area contributed by atoms with Crippen molar-refractivity contribution in [2.24, 2.45) is 17.8 Å². The van der Waals surface area contributed by atoms with Crippen molar-refractivity contribution in [3.05, 3.63) is 0 Å². The number of carbonyl (C=O) groups is 2. The van der Waals surface area contributed by atoms with Crippen LogP contribution in [0.4, 0.5) is 0 Å². The lowest BCUT2D eigenvalue weighted by Gasteiger charge is -2.41. The molecular weight excluding hydrogens is 234 g/mol. The molecule has 0 heterocycles. The third-order valence-electron chi connectivity index (χ3n) is 4.11. The Morgan fingerprint density at radius 1 is 1.28 bits per heavy atom. The van der Waals surface area contributed by atoms with Gasteiger partial charge in [-0.1, -0.05) is 0 Å². The largest absolute Gasteiger partial charge is 0.481 e. The molecular formula is C13H21NO4. The Morgan fingerprint density at radius 2 is 1.94 bits per heavy atom. The number of amides is 1. The summed E-state index contributed by atoms with van der Waals surface area (Å²) in [5, 5.41) is 21.4. The molecule has 0 radical (unpaired) electrons. The fraction of sp³-hybridized carbons (Fsp3) is 0.846. The monoisotopic (exact) mass is 255 g/mol. The number of carboxylic acid groups (broad SMARTS) is 1. The van der Waals surface area contributed by atoms with Crippen LogP contribution in [-0.2, 0) is 9.59 Å². The van der Waals surface area contributed by atoms with Gasteiger partial charge in [0.25, 0.3) is 0 Å². The van der Waals surface area contributed by atoms with Gasteiger partial charge in [0.1, 0.15) is 0 Å². The quantitative estimate of drug-likeness (QED) is 0.692. The first-order valence-corrected chi connectivity index (χ1v) is 6.51. The van der Waals surface area contributed by atoms with E-state index in [2.05, 4.69) is 5.32 Å². The number of aliphatic hydroxyl groups is 1. The van der Waals surface area contributed by atoms with E-state index in [9.17, 15) is 14.7 Å². The molecule has 2 rings (SSSR count). The van der Waals surface area contributed by atoms with E-state index in [1.54, 1.807) is 13.8 Å². The highest BCUT2D eigenvalue weighted by Gasteiger charge is 2.49. The summed E-state index contributed by atoms with van der Waals surface area (Å²) < 4.78 is 0. The molecule has 0 bridgehead atoms. The van der Waals surface area contributed by atoms with Gasteiger partial charge in [0.05, 0.1) is 17.9 Å². The van der Waals surface area contributed by atoms with Gasteiger partial charge in [-0.2, -0.15) is 0 Å². The molecule has 2 aliphatic carbocycles. The van der Waals surface area contributed by atoms with Crippen LogP contribution in [0.15, 0.2) is 0 Å². The summed E-state index contributed by atoms with van der Waals surface area (Å²) in [4.78, 5) is 22.6. The first-order chi connectivity index (χ1) is 8.26. The van der Waals surface area contributed by atoms with Gasteiger partial charge in [0, 0.05) is 6.04 Å². The lowest BCUT2D eigenvalue weighted by atomic mass is 9.71. The van der Waals surface area contributed by atoms with Crippen molar-refractivity contribution in [1.82, 2.24) is 5.32 Å². The van der Waals surface area contributed by atoms with Crippen LogP contribution in [0.1, 0.15) is 39.5 Å². The Bertz CT molecular complexity index is 360. The topological polar surface area (TPSA) is 86.6 Å². The van der Waals surface area contributed by atoms with Crippen LogP contribution in [0.3, 0.4) is 0 Å². The zero-order chi connectivity index (χ0) is 13.5. The molecule has 0 aromatic carbocycles. The van der Waals surface area contributed by atoms with Gasteiger partial charge in [-0.25, -0.2) is 0 Å². The van der Waals surface area contributed by atoms with Crippen molar-refractivity contribution in [3.63, 3.8) is 0 Å². The lowest BCUT2D eigenvalue weighted by Crippen LogP contribution is -2.51. The molecule has 2 fully saturated rings. The second kappa shape index (κ2) is 4.53. The molecule has 5 heteroatoms. The molecule has 102 valence electrons. The molecule has 2 aliphatic rings. The van der Waals surface area contributed by atoms with Gasteiger partial charge >= 0.3 is 5.97 Å². The Hall–Kier alpha value is -1.10. The van der Waals surface area contributed by atoms with E-state index in [4.69, 9.17) is 5.11 Å². The fourth-order valence-corrected chi connectivity index (χ4v) is 3.24. The van der Waals surface area contributed by atoms with Crippen LogP contribution in [-0.4, -0.2) is 33.7 Å². The van der Waals surface area contributed by atoms with Crippen molar-refractivity contribution < 1.29 is 19.8 Å². The Kier molecular flexibility index (Phi) is 3.36. The maximum absolute atomic E-state index is 11.7. The Morgan fingerprint density at radius 3 is 2.50 bits per heavy atom. The minimum Gasteiger partial charge on any atom is -0.481 e. The van der Waals surface area contributed by atoms with Crippen LogP contribution in [0, 0.1) is 17.8 Å². The maximum atomic E-state index is 11.7. The third kappa shape index (κ3) is 2.83. The molecule has 5 nitrogen and oxygen atoms in total. The van der Waals surface area contributed by atoms with Crippen molar-refractivity contribution >= 4 is 11.9 Å². The molecule has 4 atom stereocenters. The molecule has 2 saturated carbocycles. The van der Waals surface area contributed by atoms with Crippen LogP contribution in [0.25, 0.3) is 0 Å². The van der Waals surface area contributed by atoms with Crippen LogP contribution in [0.2, 0.25) is 0 Å². The lowest BCUT2D eigenvalue weighted by molar-refractivity contribution is -0.141. The minimum atomic E-state index is -0.994. The van der Waals surface area contributed by atoms with E-state index in [0.717, 1.165) is 12.8 Å². The van der Waals surface area contributed by atoms with Crippen molar-refractivity contribution in [1.29, 1.82) is 0 Å². The van der Waals surface area contributed by atoms with Crippen molar-refractivity contribution in [3.8, 4) is 0 Å². The zero-order valence-corrected chi connectivity index (χ0v) is 10.8. The number of carboxylic acids is 1. The standard InChI is InChI=1S/C13H21NO4/c1-13(2,18)6-11(15)14-10-5-7-3-8(12(16)17)4-9(7)10/h7-10,18H,3-6H2,1-2H3,(H,14,15)(H,16,17)/t7-,8?,9-,10+/m0/s1. The molecule has 0 aromatic heterocycles. The maximum Gasteiger partial charge on any atom is 0.306 e. The summed E-state index contributed by atoms with van der Waals surface area (Å²) in [6.07, 6.45) is 2.39. The molecule has 0 spiro atoms. The predicted molar refractivity (Wildman–Crippen MR) is 64.8 cm³/mol. The molecule has 1 unspecified atom stereocenters. The van der Waals surface area contributed by atoms with Crippen LogP contribution < -0.4 is 5.32 Å². The van der Waals surface area contributed by atoms with E-state index in [1.165, 1.54) is 0 Å². The normalized spacial score (nSPS) is 34.6. The van der Waals surface area contributed by atoms with Gasteiger partial charge in [0.15, 0.2) is 0 Å². The number of nitrogens with one attached hydrogen (secondary N) is 1. The summed E-state index contributed by atoms with van der Waals surface area (Å²) in [5.74, 6) is -0.331. The van der Waals surface area contributed by atoms with Gasteiger partial charge in [-0.05, 0) is 44.9 Å². The second-order valence-electron chi connectivity index (χ2n) is 6.33. The number of hydrogen-bond donors (Lipinski definition) is 3. The summed E-state index contributed by atoms with van der Waals surface area (Å²) in [5.41, 5.74) is -0.994. The average molecular weight is 255 g/mol. The van der Waals surface area contributed by atoms with Crippen LogP contribution in [0.5, 0.6) is 0 Å². The highest BCUT2D eigenvalue weighted by atomic mass is 16.4. The minimum absolute atomic E-state index is 0.0866. The van der Waals surface area contributed by atoms with Crippen molar-refractivity contribution in [2.45, 2.75) is 51.2 Å². The number of carbonyl (C=O) groups excluding carboxylic acids is 1. The smallest absolute Gasteiger partial charge is 0.306 e. The summed E-state index contributed by atoms with van der Waals surface area (Å²) >= 11 is 0. The average Bonchev–Trinajstić information content (AvgIpc) is 2.50. The van der Waals surface area contributed by atoms with E-state index < -0.39 is 11.6 Å². The Labute approximate surface area is 107 Å². The number of rotatable bonds is 4. The zero-order valence-electron chi connectivity index (χ0n) is 10.8. The number of fused-ring (bicyclic) bond motifs is 1. The van der Waals surface area contributed by atoms with Gasteiger partial charge in [-0.3, -0.25) is 9.59 Å². The third-order valence-corrected chi connectivity index (χ3v) is 4.11. The number of hydrogen-bond acceptors (Lipinski definition) is 3. The van der Waals surface area contributed by atoms with E-state index in [0.29, 0.717) is 18.3 Å². The predicted octanol–water partition coefficient (Wildman–Crippen LogP) is 0.763. The second-order valence-corrected chi connectivity index (χ2v) is 6.33. The molecule has 0 saturated heterocycles. The fourth-order valence-electron chi connectivity index (χ4n) is 3.24. The van der Waals surface area contributed by atoms with E-state index in [1.807, 2.05) is 0 Å². The van der Waals surface area contributed by atoms with Gasteiger partial charge < -0.3 is 15.5 Å². The van der Waals surface area contributed by atoms with Crippen LogP contribution >= 0.6 is 0 Å². The summed E-state index contributed by atoms with van der Waals surface area (Å²) in [6.45, 7) is 3.21. The molecule has 0 aliphatic heterocycles. The summed E-state index contributed by atoms with van der Waals surface area (Å²) in [6, 6.07) is 0.106.